The van der Waals surface area contributed by atoms with Crippen LogP contribution in [-0.2, 0) is 23.4 Å². The van der Waals surface area contributed by atoms with Crippen molar-refractivity contribution in [2.24, 2.45) is 11.3 Å². The van der Waals surface area contributed by atoms with E-state index in [-0.39, 0.29) is 28.8 Å². The van der Waals surface area contributed by atoms with E-state index in [1.54, 1.807) is 0 Å². The minimum Gasteiger partial charge on any atom is -0.469 e. The molecular formula is C26H44O5Si. The van der Waals surface area contributed by atoms with Gasteiger partial charge in [-0.3, -0.25) is 4.79 Å². The van der Waals surface area contributed by atoms with Crippen LogP contribution in [0.3, 0.4) is 0 Å². The second-order valence-corrected chi connectivity index (χ2v) is 16.2. The number of carbonyl (C=O) groups is 1. The molecule has 4 atom stereocenters. The zero-order valence-electron chi connectivity index (χ0n) is 21.1. The lowest BCUT2D eigenvalue weighted by Crippen LogP contribution is -2.44. The maximum atomic E-state index is 11.4. The number of ether oxygens (including phenoxy) is 3. The summed E-state index contributed by atoms with van der Waals surface area (Å²) in [4.78, 5) is 11.4. The zero-order valence-corrected chi connectivity index (χ0v) is 22.1. The van der Waals surface area contributed by atoms with E-state index in [9.17, 15) is 4.79 Å². The molecule has 0 amide bonds. The molecule has 0 aromatic heterocycles. The Hall–Kier alpha value is -0.953. The summed E-state index contributed by atoms with van der Waals surface area (Å²) >= 11 is 0. The van der Waals surface area contributed by atoms with Gasteiger partial charge in [0.2, 0.25) is 0 Å². The van der Waals surface area contributed by atoms with E-state index >= 15 is 0 Å². The van der Waals surface area contributed by atoms with Gasteiger partial charge < -0.3 is 18.6 Å². The molecule has 1 heterocycles. The van der Waals surface area contributed by atoms with Crippen LogP contribution in [0.25, 0.3) is 0 Å². The van der Waals surface area contributed by atoms with E-state index in [4.69, 9.17) is 18.6 Å². The molecule has 0 spiro atoms. The van der Waals surface area contributed by atoms with Gasteiger partial charge in [-0.25, -0.2) is 0 Å². The standard InChI is InChI=1S/C26H44O5Si/c1-25(2,3)32(5,6)30-19-26-17-20(11-7-8-12-23(27)28-4)15-21(26)16-22(18-26)31-24-13-9-10-14-29-24/h7,11,17,21-22,24H,8-10,12-16,18-19H2,1-6H3. The summed E-state index contributed by atoms with van der Waals surface area (Å²) in [5.41, 5.74) is 1.41. The molecule has 2 aliphatic carbocycles. The van der Waals surface area contributed by atoms with Gasteiger partial charge in [0, 0.05) is 25.0 Å². The van der Waals surface area contributed by atoms with Crippen molar-refractivity contribution >= 4 is 14.3 Å². The Morgan fingerprint density at radius 3 is 2.75 bits per heavy atom. The van der Waals surface area contributed by atoms with Gasteiger partial charge in [0.05, 0.1) is 13.2 Å². The van der Waals surface area contributed by atoms with Gasteiger partial charge in [0.25, 0.3) is 0 Å². The molecule has 5 nitrogen and oxygen atoms in total. The van der Waals surface area contributed by atoms with Crippen LogP contribution in [0.2, 0.25) is 18.1 Å². The number of hydrogen-bond donors (Lipinski definition) is 0. The average Bonchev–Trinajstić information content (AvgIpc) is 3.22. The molecule has 0 aromatic rings. The molecular weight excluding hydrogens is 420 g/mol. The van der Waals surface area contributed by atoms with Crippen LogP contribution >= 0.6 is 0 Å². The molecule has 1 saturated heterocycles. The number of rotatable bonds is 9. The number of allylic oxidation sites excluding steroid dienone is 3. The van der Waals surface area contributed by atoms with E-state index < -0.39 is 8.32 Å². The van der Waals surface area contributed by atoms with Gasteiger partial charge in [0.1, 0.15) is 0 Å². The van der Waals surface area contributed by atoms with E-state index in [1.165, 1.54) is 19.1 Å². The lowest BCUT2D eigenvalue weighted by atomic mass is 9.82. The first-order valence-corrected chi connectivity index (χ1v) is 15.3. The van der Waals surface area contributed by atoms with Crippen molar-refractivity contribution in [1.29, 1.82) is 0 Å². The summed E-state index contributed by atoms with van der Waals surface area (Å²) in [5, 5.41) is 0.197. The minimum absolute atomic E-state index is 0.0346. The highest BCUT2D eigenvalue weighted by Gasteiger charge is 2.51. The fourth-order valence-electron chi connectivity index (χ4n) is 4.94. The van der Waals surface area contributed by atoms with Gasteiger partial charge in [-0.15, -0.1) is 0 Å². The predicted octanol–water partition coefficient (Wildman–Crippen LogP) is 6.16. The van der Waals surface area contributed by atoms with Gasteiger partial charge >= 0.3 is 5.97 Å². The van der Waals surface area contributed by atoms with Crippen LogP contribution in [0.15, 0.2) is 23.8 Å². The molecule has 0 N–H and O–H groups in total. The molecule has 1 saturated carbocycles. The molecule has 0 aromatic carbocycles. The van der Waals surface area contributed by atoms with E-state index in [1.807, 2.05) is 0 Å². The SMILES string of the molecule is COC(=O)CCC=CC1=CC2(CO[Si](C)(C)C(C)(C)C)CC(OC3CCCCO3)CC2C1. The van der Waals surface area contributed by atoms with Gasteiger partial charge in [-0.1, -0.05) is 44.6 Å². The Kier molecular flexibility index (Phi) is 8.45. The molecule has 3 aliphatic rings. The third kappa shape index (κ3) is 6.34. The first kappa shape index (κ1) is 25.7. The van der Waals surface area contributed by atoms with E-state index in [0.717, 1.165) is 45.3 Å². The normalized spacial score (nSPS) is 31.1. The third-order valence-corrected chi connectivity index (χ3v) is 12.5. The zero-order chi connectivity index (χ0) is 23.4. The number of methoxy groups -OCH3 is 1. The monoisotopic (exact) mass is 464 g/mol. The van der Waals surface area contributed by atoms with Crippen molar-refractivity contribution < 1.29 is 23.4 Å². The van der Waals surface area contributed by atoms with Crippen LogP contribution in [0.1, 0.15) is 72.1 Å². The molecule has 2 fully saturated rings. The summed E-state index contributed by atoms with van der Waals surface area (Å²) in [7, 11) is -0.396. The largest absolute Gasteiger partial charge is 0.469 e. The molecule has 1 aliphatic heterocycles. The minimum atomic E-state index is -1.84. The highest BCUT2D eigenvalue weighted by Crippen LogP contribution is 2.55. The Labute approximate surface area is 196 Å². The van der Waals surface area contributed by atoms with Crippen molar-refractivity contribution in [2.75, 3.05) is 20.3 Å². The van der Waals surface area contributed by atoms with Crippen molar-refractivity contribution in [3.8, 4) is 0 Å². The van der Waals surface area contributed by atoms with Crippen LogP contribution < -0.4 is 0 Å². The van der Waals surface area contributed by atoms with E-state index in [0.29, 0.717) is 18.8 Å². The first-order chi connectivity index (χ1) is 15.0. The van der Waals surface area contributed by atoms with Crippen LogP contribution in [0, 0.1) is 11.3 Å². The smallest absolute Gasteiger partial charge is 0.305 e. The molecule has 182 valence electrons. The summed E-state index contributed by atoms with van der Waals surface area (Å²) in [6.45, 7) is 13.2. The number of esters is 1. The molecule has 6 heteroatoms. The average molecular weight is 465 g/mol. The summed E-state index contributed by atoms with van der Waals surface area (Å²) < 4.78 is 23.8. The van der Waals surface area contributed by atoms with E-state index in [2.05, 4.69) is 52.1 Å². The Bertz CT molecular complexity index is 701. The number of hydrogen-bond acceptors (Lipinski definition) is 5. The number of fused-ring (bicyclic) bond motifs is 1. The molecule has 3 rings (SSSR count). The summed E-state index contributed by atoms with van der Waals surface area (Å²) in [6, 6.07) is 0. The summed E-state index contributed by atoms with van der Waals surface area (Å²) in [6.07, 6.45) is 14.6. The van der Waals surface area contributed by atoms with Gasteiger partial charge in [-0.2, -0.15) is 0 Å². The predicted molar refractivity (Wildman–Crippen MR) is 130 cm³/mol. The Balaban J connectivity index is 1.69. The Morgan fingerprint density at radius 1 is 1.31 bits per heavy atom. The second kappa shape index (κ2) is 10.5. The van der Waals surface area contributed by atoms with Gasteiger partial charge in [-0.05, 0) is 69.0 Å². The Morgan fingerprint density at radius 2 is 2.09 bits per heavy atom. The molecule has 0 bridgehead atoms. The highest BCUT2D eigenvalue weighted by atomic mass is 28.4. The molecule has 0 radical (unpaired) electrons. The maximum Gasteiger partial charge on any atom is 0.305 e. The fourth-order valence-corrected chi connectivity index (χ4v) is 6.01. The molecule has 4 unspecified atom stereocenters. The topological polar surface area (TPSA) is 54.0 Å². The fraction of sp³-hybridized carbons (Fsp3) is 0.808. The lowest BCUT2D eigenvalue weighted by molar-refractivity contribution is -0.188. The van der Waals surface area contributed by atoms with Crippen LogP contribution in [0.4, 0.5) is 0 Å². The molecule has 32 heavy (non-hydrogen) atoms. The highest BCUT2D eigenvalue weighted by molar-refractivity contribution is 6.74. The van der Waals surface area contributed by atoms with Crippen molar-refractivity contribution in [3.05, 3.63) is 23.8 Å². The van der Waals surface area contributed by atoms with Crippen LogP contribution in [-0.4, -0.2) is 47.0 Å². The second-order valence-electron chi connectivity index (χ2n) is 11.4. The third-order valence-electron chi connectivity index (χ3n) is 7.99. The lowest BCUT2D eigenvalue weighted by Gasteiger charge is -2.40. The summed E-state index contributed by atoms with van der Waals surface area (Å²) in [5.74, 6) is 0.386. The van der Waals surface area contributed by atoms with Crippen LogP contribution in [0.5, 0.6) is 0 Å². The first-order valence-electron chi connectivity index (χ1n) is 12.4. The number of carbonyl (C=O) groups excluding carboxylic acids is 1. The quantitative estimate of drug-likeness (QED) is 0.302. The van der Waals surface area contributed by atoms with Crippen molar-refractivity contribution in [2.45, 2.75) is 103 Å². The van der Waals surface area contributed by atoms with Crippen molar-refractivity contribution in [1.82, 2.24) is 0 Å². The van der Waals surface area contributed by atoms with Crippen molar-refractivity contribution in [3.63, 3.8) is 0 Å². The maximum absolute atomic E-state index is 11.4. The van der Waals surface area contributed by atoms with Gasteiger partial charge in [0.15, 0.2) is 14.6 Å².